The Morgan fingerprint density at radius 2 is 2.00 bits per heavy atom. The summed E-state index contributed by atoms with van der Waals surface area (Å²) in [5.41, 5.74) is 7.48. The van der Waals surface area contributed by atoms with E-state index in [4.69, 9.17) is 18.0 Å². The number of hydrogen-bond donors (Lipinski definition) is 1. The van der Waals surface area contributed by atoms with E-state index in [1.54, 1.807) is 6.20 Å². The number of nitrogens with two attached hydrogens (primary N) is 1. The van der Waals surface area contributed by atoms with E-state index in [0.29, 0.717) is 16.7 Å². The molecule has 1 saturated heterocycles. The van der Waals surface area contributed by atoms with E-state index < -0.39 is 0 Å². The molecule has 1 fully saturated rings. The lowest BCUT2D eigenvalue weighted by molar-refractivity contribution is 0.209. The first kappa shape index (κ1) is 13.2. The number of aromatic nitrogens is 1. The number of hydrogen-bond acceptors (Lipinski definition) is 4. The number of pyridine rings is 1. The van der Waals surface area contributed by atoms with Crippen LogP contribution in [0.15, 0.2) is 18.3 Å². The molecule has 2 N–H and O–H groups in total. The van der Waals surface area contributed by atoms with Gasteiger partial charge in [0.1, 0.15) is 4.99 Å². The molecule has 4 nitrogen and oxygen atoms in total. The Hall–Kier alpha value is -1.20. The van der Waals surface area contributed by atoms with Crippen LogP contribution in [0, 0.1) is 0 Å². The second kappa shape index (κ2) is 5.63. The summed E-state index contributed by atoms with van der Waals surface area (Å²) < 4.78 is 0. The minimum absolute atomic E-state index is 0.359. The lowest BCUT2D eigenvalue weighted by atomic mass is 10.2. The van der Waals surface area contributed by atoms with Crippen LogP contribution in [0.2, 0.25) is 0 Å². The van der Waals surface area contributed by atoms with Crippen molar-refractivity contribution in [1.29, 1.82) is 0 Å². The minimum Gasteiger partial charge on any atom is -0.388 e. The SMILES string of the molecule is CC(C)N1CCN(c2ccnc(C(N)=S)c2)CC1. The second-order valence-electron chi connectivity index (χ2n) is 4.88. The van der Waals surface area contributed by atoms with E-state index in [0.717, 1.165) is 31.9 Å². The zero-order valence-electron chi connectivity index (χ0n) is 11.0. The molecule has 1 aromatic rings. The predicted octanol–water partition coefficient (Wildman–Crippen LogP) is 1.25. The average molecular weight is 264 g/mol. The van der Waals surface area contributed by atoms with Gasteiger partial charge in [0.25, 0.3) is 0 Å². The van der Waals surface area contributed by atoms with Gasteiger partial charge < -0.3 is 10.6 Å². The second-order valence-corrected chi connectivity index (χ2v) is 5.32. The Morgan fingerprint density at radius 1 is 1.33 bits per heavy atom. The van der Waals surface area contributed by atoms with Gasteiger partial charge in [-0.15, -0.1) is 0 Å². The van der Waals surface area contributed by atoms with E-state index in [9.17, 15) is 0 Å². The van der Waals surface area contributed by atoms with Crippen molar-refractivity contribution in [3.8, 4) is 0 Å². The fourth-order valence-corrected chi connectivity index (χ4v) is 2.36. The normalized spacial score (nSPS) is 17.2. The Bertz CT molecular complexity index is 425. The van der Waals surface area contributed by atoms with Crippen LogP contribution in [0.5, 0.6) is 0 Å². The standard InChI is InChI=1S/C13H20N4S/c1-10(2)16-5-7-17(8-6-16)11-3-4-15-12(9-11)13(14)18/h3-4,9-10H,5-8H2,1-2H3,(H2,14,18). The highest BCUT2D eigenvalue weighted by Crippen LogP contribution is 2.17. The number of anilines is 1. The molecule has 0 bridgehead atoms. The summed E-state index contributed by atoms with van der Waals surface area (Å²) in [6, 6.07) is 4.62. The van der Waals surface area contributed by atoms with Gasteiger partial charge in [-0.2, -0.15) is 0 Å². The molecule has 1 aromatic heterocycles. The largest absolute Gasteiger partial charge is 0.388 e. The summed E-state index contributed by atoms with van der Waals surface area (Å²) in [5, 5.41) is 0. The smallest absolute Gasteiger partial charge is 0.122 e. The quantitative estimate of drug-likeness (QED) is 0.832. The van der Waals surface area contributed by atoms with Gasteiger partial charge in [0.05, 0.1) is 5.69 Å². The number of rotatable bonds is 3. The van der Waals surface area contributed by atoms with Gasteiger partial charge in [-0.05, 0) is 26.0 Å². The first-order valence-corrected chi connectivity index (χ1v) is 6.73. The van der Waals surface area contributed by atoms with Crippen molar-refractivity contribution in [3.63, 3.8) is 0 Å². The van der Waals surface area contributed by atoms with Gasteiger partial charge in [-0.3, -0.25) is 9.88 Å². The fraction of sp³-hybridized carbons (Fsp3) is 0.538. The van der Waals surface area contributed by atoms with Crippen molar-refractivity contribution in [2.24, 2.45) is 5.73 Å². The summed E-state index contributed by atoms with van der Waals surface area (Å²) in [6.45, 7) is 8.77. The van der Waals surface area contributed by atoms with E-state index in [1.165, 1.54) is 0 Å². The highest BCUT2D eigenvalue weighted by molar-refractivity contribution is 7.80. The third-order valence-corrected chi connectivity index (χ3v) is 3.61. The maximum atomic E-state index is 5.62. The van der Waals surface area contributed by atoms with E-state index in [1.807, 2.05) is 12.1 Å². The molecule has 2 heterocycles. The molecule has 18 heavy (non-hydrogen) atoms. The molecular weight excluding hydrogens is 244 g/mol. The number of thiocarbonyl (C=S) groups is 1. The molecule has 0 radical (unpaired) electrons. The Kier molecular flexibility index (Phi) is 4.14. The maximum absolute atomic E-state index is 5.62. The zero-order chi connectivity index (χ0) is 13.1. The lowest BCUT2D eigenvalue weighted by Crippen LogP contribution is -2.48. The van der Waals surface area contributed by atoms with Gasteiger partial charge in [0.15, 0.2) is 0 Å². The molecule has 0 amide bonds. The van der Waals surface area contributed by atoms with Gasteiger partial charge in [0.2, 0.25) is 0 Å². The van der Waals surface area contributed by atoms with Gasteiger partial charge >= 0.3 is 0 Å². The lowest BCUT2D eigenvalue weighted by Gasteiger charge is -2.38. The zero-order valence-corrected chi connectivity index (χ0v) is 11.8. The molecule has 2 rings (SSSR count). The molecular formula is C13H20N4S. The highest BCUT2D eigenvalue weighted by Gasteiger charge is 2.19. The van der Waals surface area contributed by atoms with Crippen molar-refractivity contribution in [3.05, 3.63) is 24.0 Å². The summed E-state index contributed by atoms with van der Waals surface area (Å²) in [7, 11) is 0. The van der Waals surface area contributed by atoms with Crippen LogP contribution in [-0.4, -0.2) is 47.1 Å². The van der Waals surface area contributed by atoms with Crippen LogP contribution >= 0.6 is 12.2 Å². The molecule has 98 valence electrons. The molecule has 5 heteroatoms. The summed E-state index contributed by atoms with van der Waals surface area (Å²) in [6.07, 6.45) is 1.78. The molecule has 0 atom stereocenters. The number of piperazine rings is 1. The monoisotopic (exact) mass is 264 g/mol. The molecule has 0 aliphatic carbocycles. The fourth-order valence-electron chi connectivity index (χ4n) is 2.25. The molecule has 1 aliphatic heterocycles. The van der Waals surface area contributed by atoms with Gasteiger partial charge in [-0.1, -0.05) is 12.2 Å². The third kappa shape index (κ3) is 2.97. The highest BCUT2D eigenvalue weighted by atomic mass is 32.1. The van der Waals surface area contributed by atoms with Gasteiger partial charge in [0, 0.05) is 44.1 Å². The van der Waals surface area contributed by atoms with E-state index in [-0.39, 0.29) is 0 Å². The maximum Gasteiger partial charge on any atom is 0.122 e. The van der Waals surface area contributed by atoms with Crippen LogP contribution in [0.25, 0.3) is 0 Å². The Balaban J connectivity index is 2.05. The van der Waals surface area contributed by atoms with Crippen LogP contribution in [0.1, 0.15) is 19.5 Å². The average Bonchev–Trinajstić information content (AvgIpc) is 2.39. The Morgan fingerprint density at radius 3 is 2.56 bits per heavy atom. The van der Waals surface area contributed by atoms with Crippen LogP contribution in [0.3, 0.4) is 0 Å². The first-order valence-electron chi connectivity index (χ1n) is 6.33. The van der Waals surface area contributed by atoms with Crippen molar-refractivity contribution < 1.29 is 0 Å². The molecule has 0 unspecified atom stereocenters. The molecule has 1 aliphatic rings. The van der Waals surface area contributed by atoms with Crippen LogP contribution in [0.4, 0.5) is 5.69 Å². The minimum atomic E-state index is 0.359. The van der Waals surface area contributed by atoms with E-state index >= 15 is 0 Å². The van der Waals surface area contributed by atoms with Crippen molar-refractivity contribution in [1.82, 2.24) is 9.88 Å². The summed E-state index contributed by atoms with van der Waals surface area (Å²) >= 11 is 4.96. The van der Waals surface area contributed by atoms with Crippen molar-refractivity contribution >= 4 is 22.9 Å². The molecule has 0 spiro atoms. The summed E-state index contributed by atoms with van der Waals surface area (Å²) in [5.74, 6) is 0. The van der Waals surface area contributed by atoms with Crippen LogP contribution < -0.4 is 10.6 Å². The summed E-state index contributed by atoms with van der Waals surface area (Å²) in [4.78, 5) is 9.39. The first-order chi connectivity index (χ1) is 8.58. The van der Waals surface area contributed by atoms with Crippen molar-refractivity contribution in [2.45, 2.75) is 19.9 Å². The molecule has 0 aromatic carbocycles. The van der Waals surface area contributed by atoms with E-state index in [2.05, 4.69) is 28.6 Å². The van der Waals surface area contributed by atoms with Gasteiger partial charge in [-0.25, -0.2) is 0 Å². The third-order valence-electron chi connectivity index (χ3n) is 3.41. The molecule has 0 saturated carbocycles. The Labute approximate surface area is 114 Å². The topological polar surface area (TPSA) is 45.4 Å². The van der Waals surface area contributed by atoms with Crippen LogP contribution in [-0.2, 0) is 0 Å². The predicted molar refractivity (Wildman–Crippen MR) is 79.0 cm³/mol. The van der Waals surface area contributed by atoms with Crippen molar-refractivity contribution in [2.75, 3.05) is 31.1 Å². The number of nitrogens with zero attached hydrogens (tertiary/aromatic N) is 3.